The molecule has 0 saturated carbocycles. The molecule has 0 N–H and O–H groups in total. The molecule has 0 aliphatic heterocycles. The molecule has 0 spiro atoms. The molecule has 12 heavy (non-hydrogen) atoms. The Bertz CT molecular complexity index is 329. The molecule has 0 fully saturated rings. The van der Waals surface area contributed by atoms with Crippen LogP contribution < -0.4 is 4.74 Å². The highest BCUT2D eigenvalue weighted by atomic mass is 16.5. The van der Waals surface area contributed by atoms with Gasteiger partial charge in [0.1, 0.15) is 12.0 Å². The van der Waals surface area contributed by atoms with Gasteiger partial charge in [0.2, 0.25) is 0 Å². The van der Waals surface area contributed by atoms with Gasteiger partial charge < -0.3 is 9.26 Å². The highest BCUT2D eigenvalue weighted by Crippen LogP contribution is 2.17. The molecular formula is C9H7NO2. The van der Waals surface area contributed by atoms with Crippen LogP contribution in [0.15, 0.2) is 47.2 Å². The fourth-order valence-corrected chi connectivity index (χ4v) is 0.863. The molecule has 0 bridgehead atoms. The van der Waals surface area contributed by atoms with Gasteiger partial charge in [0.25, 0.3) is 5.88 Å². The average molecular weight is 161 g/mol. The molecule has 0 aliphatic rings. The Kier molecular flexibility index (Phi) is 1.78. The second kappa shape index (κ2) is 3.09. The monoisotopic (exact) mass is 161 g/mol. The van der Waals surface area contributed by atoms with E-state index in [4.69, 9.17) is 4.74 Å². The zero-order chi connectivity index (χ0) is 8.23. The highest BCUT2D eigenvalue weighted by molar-refractivity contribution is 5.25. The summed E-state index contributed by atoms with van der Waals surface area (Å²) in [6.45, 7) is 0. The average Bonchev–Trinajstić information content (AvgIpc) is 2.59. The van der Waals surface area contributed by atoms with Crippen LogP contribution >= 0.6 is 0 Å². The number of hydrogen-bond acceptors (Lipinski definition) is 3. The Labute approximate surface area is 69.6 Å². The van der Waals surface area contributed by atoms with Crippen molar-refractivity contribution in [2.75, 3.05) is 0 Å². The third-order valence-corrected chi connectivity index (χ3v) is 1.38. The van der Waals surface area contributed by atoms with Gasteiger partial charge in [-0.3, -0.25) is 0 Å². The fraction of sp³-hybridized carbons (Fsp3) is 0. The van der Waals surface area contributed by atoms with Gasteiger partial charge in [-0.2, -0.15) is 0 Å². The molecule has 3 nitrogen and oxygen atoms in total. The highest BCUT2D eigenvalue weighted by Gasteiger charge is 1.96. The largest absolute Gasteiger partial charge is 0.436 e. The third kappa shape index (κ3) is 1.45. The smallest absolute Gasteiger partial charge is 0.259 e. The van der Waals surface area contributed by atoms with Crippen molar-refractivity contribution < 1.29 is 9.26 Å². The topological polar surface area (TPSA) is 35.3 Å². The first-order chi connectivity index (χ1) is 5.95. The van der Waals surface area contributed by atoms with Crippen LogP contribution in [-0.4, -0.2) is 5.16 Å². The first-order valence-corrected chi connectivity index (χ1v) is 3.58. The second-order valence-electron chi connectivity index (χ2n) is 2.25. The first kappa shape index (κ1) is 6.91. The quantitative estimate of drug-likeness (QED) is 0.678. The van der Waals surface area contributed by atoms with E-state index < -0.39 is 0 Å². The third-order valence-electron chi connectivity index (χ3n) is 1.38. The molecule has 0 saturated heterocycles. The molecule has 0 radical (unpaired) electrons. The molecule has 0 unspecified atom stereocenters. The Morgan fingerprint density at radius 3 is 2.58 bits per heavy atom. The summed E-state index contributed by atoms with van der Waals surface area (Å²) in [5, 5.41) is 3.61. The van der Waals surface area contributed by atoms with Crippen molar-refractivity contribution in [1.82, 2.24) is 5.16 Å². The van der Waals surface area contributed by atoms with E-state index in [-0.39, 0.29) is 0 Å². The minimum Gasteiger partial charge on any atom is -0.436 e. The maximum Gasteiger partial charge on any atom is 0.259 e. The van der Waals surface area contributed by atoms with Gasteiger partial charge in [-0.25, -0.2) is 0 Å². The molecule has 0 amide bonds. The zero-order valence-corrected chi connectivity index (χ0v) is 6.31. The number of para-hydroxylation sites is 1. The van der Waals surface area contributed by atoms with Crippen molar-refractivity contribution in [2.24, 2.45) is 0 Å². The summed E-state index contributed by atoms with van der Waals surface area (Å²) in [4.78, 5) is 0. The summed E-state index contributed by atoms with van der Waals surface area (Å²) < 4.78 is 9.93. The van der Waals surface area contributed by atoms with Gasteiger partial charge in [-0.15, -0.1) is 0 Å². The molecule has 2 aromatic rings. The molecule has 3 heteroatoms. The van der Waals surface area contributed by atoms with Crippen LogP contribution in [0.3, 0.4) is 0 Å². The number of rotatable bonds is 2. The van der Waals surface area contributed by atoms with E-state index in [2.05, 4.69) is 9.68 Å². The van der Waals surface area contributed by atoms with Crippen molar-refractivity contribution in [3.05, 3.63) is 42.7 Å². The molecule has 60 valence electrons. The Balaban J connectivity index is 2.15. The van der Waals surface area contributed by atoms with Gasteiger partial charge in [0.05, 0.1) is 0 Å². The van der Waals surface area contributed by atoms with Crippen LogP contribution in [0.5, 0.6) is 11.6 Å². The Morgan fingerprint density at radius 1 is 1.08 bits per heavy atom. The van der Waals surface area contributed by atoms with E-state index >= 15 is 0 Å². The second-order valence-corrected chi connectivity index (χ2v) is 2.25. The van der Waals surface area contributed by atoms with Gasteiger partial charge >= 0.3 is 0 Å². The fourth-order valence-electron chi connectivity index (χ4n) is 0.863. The van der Waals surface area contributed by atoms with E-state index in [1.54, 1.807) is 6.07 Å². The first-order valence-electron chi connectivity index (χ1n) is 3.58. The lowest BCUT2D eigenvalue weighted by atomic mass is 10.3. The minimum atomic E-state index is 0.473. The Hall–Kier alpha value is -1.77. The lowest BCUT2D eigenvalue weighted by Gasteiger charge is -1.98. The van der Waals surface area contributed by atoms with Gasteiger partial charge in [0, 0.05) is 6.07 Å². The summed E-state index contributed by atoms with van der Waals surface area (Å²) in [5.74, 6) is 1.23. The summed E-state index contributed by atoms with van der Waals surface area (Å²) >= 11 is 0. The van der Waals surface area contributed by atoms with Crippen LogP contribution in [0.4, 0.5) is 0 Å². The Morgan fingerprint density at radius 2 is 1.92 bits per heavy atom. The van der Waals surface area contributed by atoms with E-state index in [1.807, 2.05) is 30.3 Å². The lowest BCUT2D eigenvalue weighted by Crippen LogP contribution is -1.81. The van der Waals surface area contributed by atoms with Gasteiger partial charge in [-0.1, -0.05) is 18.2 Å². The summed E-state index contributed by atoms with van der Waals surface area (Å²) in [6, 6.07) is 11.1. The van der Waals surface area contributed by atoms with Crippen LogP contribution in [0.2, 0.25) is 0 Å². The van der Waals surface area contributed by atoms with Crippen LogP contribution in [0.25, 0.3) is 0 Å². The summed E-state index contributed by atoms with van der Waals surface area (Å²) in [5.41, 5.74) is 0. The lowest BCUT2D eigenvalue weighted by molar-refractivity contribution is 0.367. The van der Waals surface area contributed by atoms with E-state index in [0.29, 0.717) is 5.88 Å². The number of ether oxygens (including phenoxy) is 1. The molecule has 1 heterocycles. The van der Waals surface area contributed by atoms with Crippen molar-refractivity contribution in [2.45, 2.75) is 0 Å². The molecule has 2 rings (SSSR count). The number of hydrogen-bond donors (Lipinski definition) is 0. The van der Waals surface area contributed by atoms with E-state index in [1.165, 1.54) is 6.26 Å². The van der Waals surface area contributed by atoms with Crippen molar-refractivity contribution in [3.63, 3.8) is 0 Å². The maximum atomic E-state index is 5.31. The maximum absolute atomic E-state index is 5.31. The predicted molar refractivity (Wildman–Crippen MR) is 43.0 cm³/mol. The number of nitrogens with zero attached hydrogens (tertiary/aromatic N) is 1. The number of aromatic nitrogens is 1. The van der Waals surface area contributed by atoms with Crippen LogP contribution in [0, 0.1) is 0 Å². The summed E-state index contributed by atoms with van der Waals surface area (Å²) in [6.07, 6.45) is 1.47. The van der Waals surface area contributed by atoms with Crippen molar-refractivity contribution >= 4 is 0 Å². The molecule has 1 aromatic heterocycles. The van der Waals surface area contributed by atoms with Crippen LogP contribution in [0.1, 0.15) is 0 Å². The number of benzene rings is 1. The normalized spacial score (nSPS) is 9.67. The van der Waals surface area contributed by atoms with Crippen molar-refractivity contribution in [1.29, 1.82) is 0 Å². The van der Waals surface area contributed by atoms with Crippen molar-refractivity contribution in [3.8, 4) is 11.6 Å². The van der Waals surface area contributed by atoms with Gasteiger partial charge in [-0.05, 0) is 17.3 Å². The standard InChI is InChI=1S/C9H7NO2/c1-2-4-8(5-3-1)12-9-6-7-11-10-9/h1-7H. The SMILES string of the molecule is c1ccc(Oc2ccon2)cc1. The minimum absolute atomic E-state index is 0.473. The predicted octanol–water partition coefficient (Wildman–Crippen LogP) is 2.47. The zero-order valence-electron chi connectivity index (χ0n) is 6.31. The summed E-state index contributed by atoms with van der Waals surface area (Å²) in [7, 11) is 0. The van der Waals surface area contributed by atoms with Gasteiger partial charge in [0.15, 0.2) is 0 Å². The van der Waals surface area contributed by atoms with E-state index in [0.717, 1.165) is 5.75 Å². The molecule has 0 aliphatic carbocycles. The molecule has 0 atom stereocenters. The molecular weight excluding hydrogens is 154 g/mol. The van der Waals surface area contributed by atoms with E-state index in [9.17, 15) is 0 Å². The molecule has 1 aromatic carbocycles. The van der Waals surface area contributed by atoms with Crippen LogP contribution in [-0.2, 0) is 0 Å².